The van der Waals surface area contributed by atoms with Crippen LogP contribution in [0.5, 0.6) is 5.88 Å². The van der Waals surface area contributed by atoms with Crippen LogP contribution in [0.2, 0.25) is 0 Å². The summed E-state index contributed by atoms with van der Waals surface area (Å²) in [4.78, 5) is 23.6. The molecule has 2 aliphatic rings. The maximum atomic E-state index is 13.2. The number of amides is 1. The van der Waals surface area contributed by atoms with Crippen molar-refractivity contribution in [3.8, 4) is 17.3 Å². The predicted molar refractivity (Wildman–Crippen MR) is 103 cm³/mol. The number of ether oxygens (including phenoxy) is 1. The average Bonchev–Trinajstić information content (AvgIpc) is 3.40. The molecule has 8 nitrogen and oxygen atoms in total. The highest BCUT2D eigenvalue weighted by Gasteiger charge is 2.40. The van der Waals surface area contributed by atoms with Crippen LogP contribution in [-0.2, 0) is 6.54 Å². The monoisotopic (exact) mass is 427 g/mol. The summed E-state index contributed by atoms with van der Waals surface area (Å²) in [6.45, 7) is 0.368. The molecule has 0 spiro atoms. The van der Waals surface area contributed by atoms with Gasteiger partial charge in [-0.15, -0.1) is 10.2 Å². The molecule has 4 heterocycles. The van der Waals surface area contributed by atoms with Crippen LogP contribution in [0.4, 0.5) is 8.78 Å². The molecule has 0 radical (unpaired) electrons. The molecule has 10 heteroatoms. The number of fused-ring (bicyclic) bond motifs is 1. The molecule has 3 aromatic heterocycles. The Balaban J connectivity index is 1.38. The third-order valence-electron chi connectivity index (χ3n) is 5.63. The van der Waals surface area contributed by atoms with Gasteiger partial charge in [-0.2, -0.15) is 8.78 Å². The first-order chi connectivity index (χ1) is 15.1. The second kappa shape index (κ2) is 8.01. The van der Waals surface area contributed by atoms with Crippen molar-refractivity contribution in [3.63, 3.8) is 0 Å². The van der Waals surface area contributed by atoms with Crippen LogP contribution in [0.25, 0.3) is 11.5 Å². The minimum atomic E-state index is -2.86. The second-order valence-corrected chi connectivity index (χ2v) is 7.57. The van der Waals surface area contributed by atoms with Crippen molar-refractivity contribution in [1.29, 1.82) is 0 Å². The average molecular weight is 427 g/mol. The van der Waals surface area contributed by atoms with E-state index >= 15 is 0 Å². The Hall–Kier alpha value is -3.43. The van der Waals surface area contributed by atoms with E-state index in [-0.39, 0.29) is 23.9 Å². The lowest BCUT2D eigenvalue weighted by atomic mass is 9.91. The van der Waals surface area contributed by atoms with Crippen molar-refractivity contribution in [2.75, 3.05) is 0 Å². The highest BCUT2D eigenvalue weighted by molar-refractivity contribution is 5.98. The number of nitrogens with zero attached hydrogens (tertiary/aromatic N) is 5. The van der Waals surface area contributed by atoms with Gasteiger partial charge in [0.2, 0.25) is 11.8 Å². The van der Waals surface area contributed by atoms with Crippen LogP contribution in [0.3, 0.4) is 0 Å². The number of alkyl halides is 2. The molecule has 0 saturated heterocycles. The largest absolute Gasteiger partial charge is 0.472 e. The van der Waals surface area contributed by atoms with Gasteiger partial charge in [0, 0.05) is 18.5 Å². The first kappa shape index (κ1) is 19.5. The molecule has 2 atom stereocenters. The maximum Gasteiger partial charge on any atom is 0.314 e. The van der Waals surface area contributed by atoms with Crippen LogP contribution in [-0.4, -0.2) is 43.1 Å². The van der Waals surface area contributed by atoms with Crippen LogP contribution in [0.1, 0.15) is 54.1 Å². The van der Waals surface area contributed by atoms with Crippen molar-refractivity contribution >= 4 is 5.91 Å². The summed E-state index contributed by atoms with van der Waals surface area (Å²) in [6.07, 6.45) is 3.80. The smallest absolute Gasteiger partial charge is 0.314 e. The Labute approximate surface area is 176 Å². The summed E-state index contributed by atoms with van der Waals surface area (Å²) in [5, 5.41) is 6.97. The Morgan fingerprint density at radius 2 is 2.03 bits per heavy atom. The molecule has 1 saturated carbocycles. The lowest BCUT2D eigenvalue weighted by molar-refractivity contribution is 0.0280. The van der Waals surface area contributed by atoms with Gasteiger partial charge < -0.3 is 14.1 Å². The third kappa shape index (κ3) is 3.73. The molecular formula is C21H19F2N5O3. The SMILES string of the molecule is O=C1c2cc(-c3nnc(C(F)F)o3)cnc2CN1[C@@H]1CCCC[C@H]1Oc1ccccn1. The van der Waals surface area contributed by atoms with E-state index < -0.39 is 12.3 Å². The van der Waals surface area contributed by atoms with Gasteiger partial charge >= 0.3 is 6.43 Å². The van der Waals surface area contributed by atoms with Crippen molar-refractivity contribution in [3.05, 3.63) is 53.8 Å². The van der Waals surface area contributed by atoms with E-state index in [2.05, 4.69) is 20.2 Å². The molecule has 1 aliphatic heterocycles. The standard InChI is InChI=1S/C21H19F2N5O3/c22-18(23)20-27-26-19(31-20)12-9-13-14(25-10-12)11-28(21(13)29)15-5-1-2-6-16(15)30-17-7-3-4-8-24-17/h3-4,7-10,15-16,18H,1-2,5-6,11H2/t15-,16-/m1/s1. The zero-order chi connectivity index (χ0) is 21.4. The molecule has 1 aliphatic carbocycles. The van der Waals surface area contributed by atoms with Crippen molar-refractivity contribution < 1.29 is 22.7 Å². The summed E-state index contributed by atoms with van der Waals surface area (Å²) >= 11 is 0. The molecule has 31 heavy (non-hydrogen) atoms. The van der Waals surface area contributed by atoms with E-state index in [4.69, 9.17) is 9.15 Å². The van der Waals surface area contributed by atoms with Gasteiger partial charge in [-0.25, -0.2) is 4.98 Å². The molecule has 3 aromatic rings. The molecule has 0 N–H and O–H groups in total. The topological polar surface area (TPSA) is 94.2 Å². The minimum Gasteiger partial charge on any atom is -0.472 e. The zero-order valence-electron chi connectivity index (χ0n) is 16.4. The lowest BCUT2D eigenvalue weighted by Crippen LogP contribution is -2.48. The molecule has 5 rings (SSSR count). The lowest BCUT2D eigenvalue weighted by Gasteiger charge is -2.37. The number of pyridine rings is 2. The van der Waals surface area contributed by atoms with E-state index in [9.17, 15) is 13.6 Å². The number of hydrogen-bond donors (Lipinski definition) is 0. The normalized spacial score (nSPS) is 20.9. The van der Waals surface area contributed by atoms with Gasteiger partial charge in [-0.1, -0.05) is 12.5 Å². The van der Waals surface area contributed by atoms with Gasteiger partial charge in [0.25, 0.3) is 11.8 Å². The summed E-state index contributed by atoms with van der Waals surface area (Å²) in [6, 6.07) is 6.96. The molecule has 160 valence electrons. The molecule has 1 amide bonds. The van der Waals surface area contributed by atoms with Crippen LogP contribution in [0.15, 0.2) is 41.1 Å². The van der Waals surface area contributed by atoms with Gasteiger partial charge in [0.15, 0.2) is 0 Å². The van der Waals surface area contributed by atoms with Gasteiger partial charge in [0.1, 0.15) is 6.10 Å². The van der Waals surface area contributed by atoms with E-state index in [0.29, 0.717) is 29.2 Å². The fraction of sp³-hybridized carbons (Fsp3) is 0.381. The quantitative estimate of drug-likeness (QED) is 0.611. The zero-order valence-corrected chi connectivity index (χ0v) is 16.4. The van der Waals surface area contributed by atoms with Crippen molar-refractivity contribution in [2.24, 2.45) is 0 Å². The van der Waals surface area contributed by atoms with E-state index in [1.807, 2.05) is 12.1 Å². The highest BCUT2D eigenvalue weighted by atomic mass is 19.3. The summed E-state index contributed by atoms with van der Waals surface area (Å²) in [7, 11) is 0. The van der Waals surface area contributed by atoms with Crippen LogP contribution in [0, 0.1) is 0 Å². The fourth-order valence-electron chi connectivity index (χ4n) is 4.16. The molecule has 0 aromatic carbocycles. The Morgan fingerprint density at radius 3 is 2.81 bits per heavy atom. The Bertz CT molecular complexity index is 1090. The molecular weight excluding hydrogens is 408 g/mol. The number of aromatic nitrogens is 4. The maximum absolute atomic E-state index is 13.2. The van der Waals surface area contributed by atoms with Gasteiger partial charge in [-0.05, 0) is 31.4 Å². The highest BCUT2D eigenvalue weighted by Crippen LogP contribution is 2.34. The van der Waals surface area contributed by atoms with Gasteiger partial charge in [-0.3, -0.25) is 9.78 Å². The van der Waals surface area contributed by atoms with Crippen molar-refractivity contribution in [2.45, 2.75) is 50.8 Å². The Kier molecular flexibility index (Phi) is 5.05. The van der Waals surface area contributed by atoms with E-state index in [1.165, 1.54) is 6.20 Å². The van der Waals surface area contributed by atoms with Crippen LogP contribution < -0.4 is 4.74 Å². The number of halogens is 2. The third-order valence-corrected chi connectivity index (χ3v) is 5.63. The van der Waals surface area contributed by atoms with Crippen LogP contribution >= 0.6 is 0 Å². The summed E-state index contributed by atoms with van der Waals surface area (Å²) < 4.78 is 36.6. The predicted octanol–water partition coefficient (Wildman–Crippen LogP) is 3.81. The first-order valence-electron chi connectivity index (χ1n) is 10.1. The number of hydrogen-bond acceptors (Lipinski definition) is 7. The fourth-order valence-corrected chi connectivity index (χ4v) is 4.16. The summed E-state index contributed by atoms with van der Waals surface area (Å²) in [5.41, 5.74) is 1.37. The Morgan fingerprint density at radius 1 is 1.16 bits per heavy atom. The number of carbonyl (C=O) groups is 1. The number of rotatable bonds is 5. The molecule has 0 bridgehead atoms. The van der Waals surface area contributed by atoms with Crippen molar-refractivity contribution in [1.82, 2.24) is 25.1 Å². The second-order valence-electron chi connectivity index (χ2n) is 7.57. The van der Waals surface area contributed by atoms with Gasteiger partial charge in [0.05, 0.1) is 29.4 Å². The first-order valence-corrected chi connectivity index (χ1v) is 10.1. The molecule has 1 fully saturated rings. The molecule has 0 unspecified atom stereocenters. The van der Waals surface area contributed by atoms with E-state index in [0.717, 1.165) is 25.7 Å². The summed E-state index contributed by atoms with van der Waals surface area (Å²) in [5.74, 6) is -0.485. The van der Waals surface area contributed by atoms with E-state index in [1.54, 1.807) is 23.2 Å². The minimum absolute atomic E-state index is 0.0918. The number of carbonyl (C=O) groups excluding carboxylic acids is 1.